The molecule has 0 spiro atoms. The molecule has 0 fully saturated rings. The number of nitro groups is 1. The van der Waals surface area contributed by atoms with E-state index in [0.29, 0.717) is 23.1 Å². The average molecular weight is 411 g/mol. The maximum atomic E-state index is 12.8. The van der Waals surface area contributed by atoms with Gasteiger partial charge >= 0.3 is 0 Å². The summed E-state index contributed by atoms with van der Waals surface area (Å²) in [6.07, 6.45) is 2.15. The van der Waals surface area contributed by atoms with Crippen LogP contribution in [0.1, 0.15) is 28.4 Å². The molecule has 1 amide bonds. The molecule has 0 bridgehead atoms. The quantitative estimate of drug-likeness (QED) is 0.507. The van der Waals surface area contributed by atoms with Crippen LogP contribution in [0.4, 0.5) is 5.69 Å². The standard InChI is InChI=1S/C19H17N5O4S/c1-23-11-20-22-19(23)29-17-7-6-12(10-15(17)24(26)27)18(25)21-14-8-9-28-16-5-3-2-4-13(14)16/h2-7,10-11,14H,8-9H2,1H3,(H,21,25)/t14-/m0/s1. The van der Waals surface area contributed by atoms with Gasteiger partial charge in [-0.3, -0.25) is 14.9 Å². The molecule has 29 heavy (non-hydrogen) atoms. The van der Waals surface area contributed by atoms with E-state index >= 15 is 0 Å². The summed E-state index contributed by atoms with van der Waals surface area (Å²) in [6.45, 7) is 0.495. The van der Waals surface area contributed by atoms with Gasteiger partial charge in [0.2, 0.25) is 0 Å². The van der Waals surface area contributed by atoms with Crippen molar-refractivity contribution >= 4 is 23.4 Å². The zero-order valence-corrected chi connectivity index (χ0v) is 16.3. The number of hydrogen-bond donors (Lipinski definition) is 1. The van der Waals surface area contributed by atoms with Gasteiger partial charge in [-0.05, 0) is 30.0 Å². The first-order chi connectivity index (χ1) is 14.0. The second kappa shape index (κ2) is 7.92. The van der Waals surface area contributed by atoms with E-state index in [1.165, 1.54) is 12.4 Å². The predicted octanol–water partition coefficient (Wildman–Crippen LogP) is 3.13. The predicted molar refractivity (Wildman–Crippen MR) is 105 cm³/mol. The van der Waals surface area contributed by atoms with Crippen LogP contribution in [0.2, 0.25) is 0 Å². The van der Waals surface area contributed by atoms with Crippen LogP contribution in [-0.2, 0) is 7.05 Å². The van der Waals surface area contributed by atoms with Crippen LogP contribution >= 0.6 is 11.8 Å². The van der Waals surface area contributed by atoms with E-state index in [-0.39, 0.29) is 23.2 Å². The molecule has 0 radical (unpaired) electrons. The van der Waals surface area contributed by atoms with Crippen molar-refractivity contribution in [2.75, 3.05) is 6.61 Å². The molecule has 10 heteroatoms. The maximum absolute atomic E-state index is 12.8. The van der Waals surface area contributed by atoms with Gasteiger partial charge in [0.05, 0.1) is 22.5 Å². The molecule has 1 aliphatic heterocycles. The van der Waals surface area contributed by atoms with Gasteiger partial charge in [0, 0.05) is 30.7 Å². The van der Waals surface area contributed by atoms with Crippen molar-refractivity contribution in [3.05, 3.63) is 70.0 Å². The first-order valence-corrected chi connectivity index (χ1v) is 9.67. The van der Waals surface area contributed by atoms with E-state index in [4.69, 9.17) is 4.74 Å². The topological polar surface area (TPSA) is 112 Å². The highest BCUT2D eigenvalue weighted by Gasteiger charge is 2.25. The minimum absolute atomic E-state index is 0.155. The molecule has 1 aliphatic rings. The summed E-state index contributed by atoms with van der Waals surface area (Å²) in [5.74, 6) is 0.371. The Bertz CT molecular complexity index is 1080. The number of para-hydroxylation sites is 1. The number of hydrogen-bond acceptors (Lipinski definition) is 7. The van der Waals surface area contributed by atoms with E-state index < -0.39 is 4.92 Å². The fourth-order valence-corrected chi connectivity index (χ4v) is 3.93. The number of aromatic nitrogens is 3. The third-order valence-corrected chi connectivity index (χ3v) is 5.67. The normalized spacial score (nSPS) is 15.3. The van der Waals surface area contributed by atoms with Crippen molar-refractivity contribution in [3.8, 4) is 5.75 Å². The van der Waals surface area contributed by atoms with E-state index in [2.05, 4.69) is 15.5 Å². The van der Waals surface area contributed by atoms with Crippen molar-refractivity contribution < 1.29 is 14.5 Å². The van der Waals surface area contributed by atoms with Crippen molar-refractivity contribution in [2.24, 2.45) is 7.05 Å². The van der Waals surface area contributed by atoms with Gasteiger partial charge in [-0.25, -0.2) is 0 Å². The third-order valence-electron chi connectivity index (χ3n) is 4.55. The minimum atomic E-state index is -0.501. The first-order valence-electron chi connectivity index (χ1n) is 8.86. The summed E-state index contributed by atoms with van der Waals surface area (Å²) >= 11 is 1.12. The van der Waals surface area contributed by atoms with Gasteiger partial charge in [-0.2, -0.15) is 0 Å². The lowest BCUT2D eigenvalue weighted by Crippen LogP contribution is -2.32. The molecule has 2 heterocycles. The Morgan fingerprint density at radius 1 is 1.34 bits per heavy atom. The number of rotatable bonds is 5. The molecule has 0 aliphatic carbocycles. The highest BCUT2D eigenvalue weighted by molar-refractivity contribution is 7.99. The SMILES string of the molecule is Cn1cnnc1Sc1ccc(C(=O)N[C@H]2CCOc3ccccc32)cc1[N+](=O)[O-]. The first kappa shape index (κ1) is 18.9. The molecule has 0 saturated heterocycles. The summed E-state index contributed by atoms with van der Waals surface area (Å²) in [5.41, 5.74) is 0.970. The zero-order valence-electron chi connectivity index (χ0n) is 15.4. The molecule has 0 unspecified atom stereocenters. The molecule has 9 nitrogen and oxygen atoms in total. The van der Waals surface area contributed by atoms with Gasteiger partial charge in [-0.1, -0.05) is 18.2 Å². The average Bonchev–Trinajstić information content (AvgIpc) is 3.13. The number of nitrogens with zero attached hydrogens (tertiary/aromatic N) is 4. The molecular weight excluding hydrogens is 394 g/mol. The van der Waals surface area contributed by atoms with Gasteiger partial charge in [0.1, 0.15) is 12.1 Å². The maximum Gasteiger partial charge on any atom is 0.284 e. The molecule has 1 atom stereocenters. The van der Waals surface area contributed by atoms with Crippen LogP contribution in [0, 0.1) is 10.1 Å². The third kappa shape index (κ3) is 3.92. The van der Waals surface area contributed by atoms with Gasteiger partial charge in [0.25, 0.3) is 11.6 Å². The lowest BCUT2D eigenvalue weighted by Gasteiger charge is -2.26. The molecule has 0 saturated carbocycles. The fourth-order valence-electron chi connectivity index (χ4n) is 3.08. The number of aryl methyl sites for hydroxylation is 1. The number of benzene rings is 2. The number of nitrogens with one attached hydrogen (secondary N) is 1. The number of ether oxygens (including phenoxy) is 1. The van der Waals surface area contributed by atoms with E-state index in [1.54, 1.807) is 23.7 Å². The number of carbonyl (C=O) groups is 1. The van der Waals surface area contributed by atoms with Crippen molar-refractivity contribution in [1.82, 2.24) is 20.1 Å². The monoisotopic (exact) mass is 411 g/mol. The highest BCUT2D eigenvalue weighted by Crippen LogP contribution is 2.35. The molecule has 3 aromatic rings. The summed E-state index contributed by atoms with van der Waals surface area (Å²) in [4.78, 5) is 24.2. The summed E-state index contributed by atoms with van der Waals surface area (Å²) in [7, 11) is 1.75. The Kier molecular flexibility index (Phi) is 5.17. The molecule has 1 aromatic heterocycles. The lowest BCUT2D eigenvalue weighted by atomic mass is 10.00. The largest absolute Gasteiger partial charge is 0.493 e. The Balaban J connectivity index is 1.57. The van der Waals surface area contributed by atoms with Crippen LogP contribution in [-0.4, -0.2) is 32.2 Å². The van der Waals surface area contributed by atoms with Crippen molar-refractivity contribution in [3.63, 3.8) is 0 Å². The van der Waals surface area contributed by atoms with Gasteiger partial charge in [-0.15, -0.1) is 10.2 Å². The Morgan fingerprint density at radius 3 is 2.93 bits per heavy atom. The number of nitro benzene ring substituents is 1. The number of carbonyl (C=O) groups excluding carboxylic acids is 1. The molecule has 148 valence electrons. The van der Waals surface area contributed by atoms with Crippen LogP contribution in [0.5, 0.6) is 5.75 Å². The molecule has 1 N–H and O–H groups in total. The van der Waals surface area contributed by atoms with Crippen molar-refractivity contribution in [1.29, 1.82) is 0 Å². The second-order valence-electron chi connectivity index (χ2n) is 6.47. The smallest absolute Gasteiger partial charge is 0.284 e. The van der Waals surface area contributed by atoms with Crippen LogP contribution in [0.3, 0.4) is 0 Å². The van der Waals surface area contributed by atoms with E-state index in [0.717, 1.165) is 23.1 Å². The number of amides is 1. The molecule has 4 rings (SSSR count). The Hall–Kier alpha value is -3.40. The van der Waals surface area contributed by atoms with Gasteiger partial charge in [0.15, 0.2) is 5.16 Å². The van der Waals surface area contributed by atoms with E-state index in [1.807, 2.05) is 24.3 Å². The summed E-state index contributed by atoms with van der Waals surface area (Å²) in [6, 6.07) is 11.7. The van der Waals surface area contributed by atoms with Crippen LogP contribution < -0.4 is 10.1 Å². The Labute approximate surface area is 170 Å². The summed E-state index contributed by atoms with van der Waals surface area (Å²) in [5, 5.41) is 22.7. The van der Waals surface area contributed by atoms with Crippen LogP contribution in [0.15, 0.2) is 58.8 Å². The highest BCUT2D eigenvalue weighted by atomic mass is 32.2. The zero-order chi connectivity index (χ0) is 20.4. The minimum Gasteiger partial charge on any atom is -0.493 e. The fraction of sp³-hybridized carbons (Fsp3) is 0.211. The van der Waals surface area contributed by atoms with E-state index in [9.17, 15) is 14.9 Å². The second-order valence-corrected chi connectivity index (χ2v) is 7.48. The number of fused-ring (bicyclic) bond motifs is 1. The van der Waals surface area contributed by atoms with Crippen molar-refractivity contribution in [2.45, 2.75) is 22.5 Å². The molecule has 2 aromatic carbocycles. The Morgan fingerprint density at radius 2 is 2.17 bits per heavy atom. The summed E-state index contributed by atoms with van der Waals surface area (Å²) < 4.78 is 7.27. The van der Waals surface area contributed by atoms with Crippen LogP contribution in [0.25, 0.3) is 0 Å². The van der Waals surface area contributed by atoms with Gasteiger partial charge < -0.3 is 14.6 Å². The lowest BCUT2D eigenvalue weighted by molar-refractivity contribution is -0.387. The molecular formula is C19H17N5O4S.